The summed E-state index contributed by atoms with van der Waals surface area (Å²) in [6.07, 6.45) is 1.36. The smallest absolute Gasteiger partial charge is 0.253 e. The summed E-state index contributed by atoms with van der Waals surface area (Å²) >= 11 is 1.18. The number of hydrogen-bond donors (Lipinski definition) is 3. The van der Waals surface area contributed by atoms with Gasteiger partial charge in [0.25, 0.3) is 5.56 Å². The summed E-state index contributed by atoms with van der Waals surface area (Å²) in [4.78, 5) is 25.7. The van der Waals surface area contributed by atoms with Crippen molar-refractivity contribution >= 4 is 23.4 Å². The number of hydrogen-bond acceptors (Lipinski definition) is 7. The SMILES string of the molecule is Cc1c(N)ncnc1Sc1nc(N)cc(=O)[nH]1. The number of aromatic amines is 1. The van der Waals surface area contributed by atoms with Crippen molar-refractivity contribution in [3.05, 3.63) is 28.3 Å². The van der Waals surface area contributed by atoms with Crippen LogP contribution >= 0.6 is 11.8 Å². The van der Waals surface area contributed by atoms with Gasteiger partial charge in [0.15, 0.2) is 5.16 Å². The molecular formula is C9H10N6OS. The third-order valence-corrected chi connectivity index (χ3v) is 3.00. The fourth-order valence-corrected chi connectivity index (χ4v) is 1.99. The van der Waals surface area contributed by atoms with Gasteiger partial charge < -0.3 is 16.5 Å². The predicted molar refractivity (Wildman–Crippen MR) is 64.6 cm³/mol. The number of nitrogens with zero attached hydrogens (tertiary/aromatic N) is 3. The molecule has 0 aliphatic rings. The third-order valence-electron chi connectivity index (χ3n) is 2.01. The summed E-state index contributed by atoms with van der Waals surface area (Å²) in [6, 6.07) is 1.21. The average Bonchev–Trinajstić information content (AvgIpc) is 2.23. The molecule has 0 aliphatic heterocycles. The van der Waals surface area contributed by atoms with Gasteiger partial charge in [0.2, 0.25) is 0 Å². The molecule has 2 aromatic rings. The van der Waals surface area contributed by atoms with E-state index in [9.17, 15) is 4.79 Å². The summed E-state index contributed by atoms with van der Waals surface area (Å²) in [6.45, 7) is 1.79. The van der Waals surface area contributed by atoms with Crippen LogP contribution in [0.1, 0.15) is 5.56 Å². The second-order valence-corrected chi connectivity index (χ2v) is 4.24. The lowest BCUT2D eigenvalue weighted by molar-refractivity contribution is 0.932. The molecule has 7 nitrogen and oxygen atoms in total. The van der Waals surface area contributed by atoms with E-state index in [2.05, 4.69) is 19.9 Å². The Balaban J connectivity index is 2.38. The molecule has 0 saturated carbocycles. The summed E-state index contributed by atoms with van der Waals surface area (Å²) in [5, 5.41) is 1.00. The van der Waals surface area contributed by atoms with Gasteiger partial charge in [-0.2, -0.15) is 0 Å². The minimum absolute atomic E-state index is 0.163. The highest BCUT2D eigenvalue weighted by atomic mass is 32.2. The van der Waals surface area contributed by atoms with E-state index in [4.69, 9.17) is 11.5 Å². The fourth-order valence-electron chi connectivity index (χ4n) is 1.14. The van der Waals surface area contributed by atoms with Gasteiger partial charge in [0, 0.05) is 11.6 Å². The highest BCUT2D eigenvalue weighted by Crippen LogP contribution is 2.26. The monoisotopic (exact) mass is 250 g/mol. The molecule has 0 amide bonds. The summed E-state index contributed by atoms with van der Waals surface area (Å²) in [5.41, 5.74) is 11.6. The molecule has 0 radical (unpaired) electrons. The number of nitrogens with one attached hydrogen (secondary N) is 1. The Morgan fingerprint density at radius 3 is 2.82 bits per heavy atom. The Morgan fingerprint density at radius 1 is 1.35 bits per heavy atom. The van der Waals surface area contributed by atoms with Gasteiger partial charge in [-0.1, -0.05) is 0 Å². The molecule has 0 aromatic carbocycles. The Bertz CT molecular complexity index is 611. The van der Waals surface area contributed by atoms with Crippen LogP contribution < -0.4 is 17.0 Å². The van der Waals surface area contributed by atoms with E-state index in [1.165, 1.54) is 24.2 Å². The van der Waals surface area contributed by atoms with Crippen LogP contribution in [0.4, 0.5) is 11.6 Å². The topological polar surface area (TPSA) is 124 Å². The first-order valence-electron chi connectivity index (χ1n) is 4.68. The zero-order valence-corrected chi connectivity index (χ0v) is 9.78. The maximum Gasteiger partial charge on any atom is 0.253 e. The van der Waals surface area contributed by atoms with Crippen LogP contribution in [-0.4, -0.2) is 19.9 Å². The molecule has 0 spiro atoms. The van der Waals surface area contributed by atoms with Crippen molar-refractivity contribution in [1.29, 1.82) is 0 Å². The van der Waals surface area contributed by atoms with Crippen molar-refractivity contribution in [2.24, 2.45) is 0 Å². The zero-order valence-electron chi connectivity index (χ0n) is 8.97. The van der Waals surface area contributed by atoms with Crippen LogP contribution in [-0.2, 0) is 0 Å². The minimum atomic E-state index is -0.306. The normalized spacial score (nSPS) is 10.4. The van der Waals surface area contributed by atoms with Crippen LogP contribution in [0.3, 0.4) is 0 Å². The van der Waals surface area contributed by atoms with E-state index in [0.717, 1.165) is 5.56 Å². The maximum atomic E-state index is 11.2. The predicted octanol–water partition coefficient (Wildman–Crippen LogP) is 0.184. The lowest BCUT2D eigenvalue weighted by Crippen LogP contribution is -2.09. The first kappa shape index (κ1) is 11.4. The van der Waals surface area contributed by atoms with Gasteiger partial charge >= 0.3 is 0 Å². The number of nitrogen functional groups attached to an aromatic ring is 2. The van der Waals surface area contributed by atoms with Crippen molar-refractivity contribution in [2.75, 3.05) is 11.5 Å². The Morgan fingerprint density at radius 2 is 2.12 bits per heavy atom. The second-order valence-electron chi connectivity index (χ2n) is 3.27. The molecule has 0 unspecified atom stereocenters. The molecule has 0 bridgehead atoms. The number of H-pyrrole nitrogens is 1. The molecule has 2 rings (SSSR count). The van der Waals surface area contributed by atoms with Gasteiger partial charge in [-0.15, -0.1) is 0 Å². The summed E-state index contributed by atoms with van der Waals surface area (Å²) in [5.74, 6) is 0.560. The first-order chi connectivity index (χ1) is 8.06. The number of anilines is 2. The molecule has 2 aromatic heterocycles. The lowest BCUT2D eigenvalue weighted by atomic mass is 10.4. The molecule has 5 N–H and O–H groups in total. The van der Waals surface area contributed by atoms with E-state index < -0.39 is 0 Å². The Kier molecular flexibility index (Phi) is 2.96. The van der Waals surface area contributed by atoms with Crippen LogP contribution in [0.5, 0.6) is 0 Å². The first-order valence-corrected chi connectivity index (χ1v) is 5.49. The van der Waals surface area contributed by atoms with E-state index in [1.54, 1.807) is 6.92 Å². The van der Waals surface area contributed by atoms with Crippen molar-refractivity contribution in [3.63, 3.8) is 0 Å². The van der Waals surface area contributed by atoms with Crippen LogP contribution in [0.25, 0.3) is 0 Å². The van der Waals surface area contributed by atoms with Crippen molar-refractivity contribution in [1.82, 2.24) is 19.9 Å². The Labute approximate surface area is 101 Å². The largest absolute Gasteiger partial charge is 0.383 e. The zero-order chi connectivity index (χ0) is 12.4. The molecular weight excluding hydrogens is 240 g/mol. The van der Waals surface area contributed by atoms with E-state index >= 15 is 0 Å². The Hall–Kier alpha value is -2.09. The van der Waals surface area contributed by atoms with Gasteiger partial charge in [-0.3, -0.25) is 4.79 Å². The van der Waals surface area contributed by atoms with Crippen LogP contribution in [0.2, 0.25) is 0 Å². The molecule has 17 heavy (non-hydrogen) atoms. The summed E-state index contributed by atoms with van der Waals surface area (Å²) in [7, 11) is 0. The molecule has 8 heteroatoms. The number of nitrogens with two attached hydrogens (primary N) is 2. The second kappa shape index (κ2) is 4.42. The molecule has 2 heterocycles. The molecule has 0 aliphatic carbocycles. The van der Waals surface area contributed by atoms with Gasteiger partial charge in [-0.05, 0) is 18.7 Å². The van der Waals surface area contributed by atoms with E-state index in [1.807, 2.05) is 0 Å². The number of aromatic nitrogens is 4. The van der Waals surface area contributed by atoms with Crippen molar-refractivity contribution in [3.8, 4) is 0 Å². The lowest BCUT2D eigenvalue weighted by Gasteiger charge is -2.05. The minimum Gasteiger partial charge on any atom is -0.383 e. The molecule has 0 saturated heterocycles. The highest BCUT2D eigenvalue weighted by Gasteiger charge is 2.08. The van der Waals surface area contributed by atoms with Crippen LogP contribution in [0, 0.1) is 6.92 Å². The standard InChI is InChI=1S/C9H10N6OS/c1-4-7(11)12-3-13-8(4)17-9-14-5(10)2-6(16)15-9/h2-3H,1H3,(H2,11,12,13)(H3,10,14,15,16). The maximum absolute atomic E-state index is 11.2. The van der Waals surface area contributed by atoms with Gasteiger partial charge in [0.1, 0.15) is 23.0 Å². The molecule has 0 fully saturated rings. The van der Waals surface area contributed by atoms with Gasteiger partial charge in [0.05, 0.1) is 0 Å². The highest BCUT2D eigenvalue weighted by molar-refractivity contribution is 7.99. The molecule has 0 atom stereocenters. The van der Waals surface area contributed by atoms with E-state index in [0.29, 0.717) is 16.0 Å². The fraction of sp³-hybridized carbons (Fsp3) is 0.111. The van der Waals surface area contributed by atoms with Gasteiger partial charge in [-0.25, -0.2) is 15.0 Å². The van der Waals surface area contributed by atoms with Crippen molar-refractivity contribution in [2.45, 2.75) is 17.1 Å². The van der Waals surface area contributed by atoms with Crippen molar-refractivity contribution < 1.29 is 0 Å². The third kappa shape index (κ3) is 2.53. The summed E-state index contributed by atoms with van der Waals surface area (Å²) < 4.78 is 0. The van der Waals surface area contributed by atoms with E-state index in [-0.39, 0.29) is 11.4 Å². The van der Waals surface area contributed by atoms with Crippen LogP contribution in [0.15, 0.2) is 27.4 Å². The molecule has 88 valence electrons. The quantitative estimate of drug-likeness (QED) is 0.513. The average molecular weight is 250 g/mol. The number of rotatable bonds is 2.